The molecule has 0 heterocycles. The van der Waals surface area contributed by atoms with E-state index in [0.29, 0.717) is 11.8 Å². The van der Waals surface area contributed by atoms with Gasteiger partial charge in [0.2, 0.25) is 0 Å². The minimum atomic E-state index is 0.527. The molecule has 62 valence electrons. The Morgan fingerprint density at radius 2 is 2.45 bits per heavy atom. The van der Waals surface area contributed by atoms with E-state index in [-0.39, 0.29) is 0 Å². The number of hydrogen-bond donors (Lipinski definition) is 1. The molecule has 11 heavy (non-hydrogen) atoms. The summed E-state index contributed by atoms with van der Waals surface area (Å²) in [5.41, 5.74) is 6.97. The maximum Gasteiger partial charge on any atom is -0.00110 e. The molecule has 1 nitrogen and oxygen atoms in total. The van der Waals surface area contributed by atoms with Gasteiger partial charge in [-0.2, -0.15) is 0 Å². The van der Waals surface area contributed by atoms with Gasteiger partial charge in [0.15, 0.2) is 0 Å². The van der Waals surface area contributed by atoms with E-state index < -0.39 is 0 Å². The zero-order valence-electron chi connectivity index (χ0n) is 7.38. The van der Waals surface area contributed by atoms with Crippen molar-refractivity contribution >= 4 is 0 Å². The molecule has 0 amide bonds. The van der Waals surface area contributed by atoms with E-state index in [9.17, 15) is 0 Å². The molecule has 0 aliphatic heterocycles. The summed E-state index contributed by atoms with van der Waals surface area (Å²) in [7, 11) is 0. The molecule has 0 saturated heterocycles. The smallest absolute Gasteiger partial charge is 0.00110 e. The molecule has 2 unspecified atom stereocenters. The van der Waals surface area contributed by atoms with Crippen molar-refractivity contribution in [3.8, 4) is 0 Å². The van der Waals surface area contributed by atoms with Gasteiger partial charge < -0.3 is 5.73 Å². The molecule has 2 atom stereocenters. The lowest BCUT2D eigenvalue weighted by atomic mass is 9.91. The van der Waals surface area contributed by atoms with Gasteiger partial charge in [0.05, 0.1) is 0 Å². The van der Waals surface area contributed by atoms with Crippen molar-refractivity contribution in [2.75, 3.05) is 6.54 Å². The highest BCUT2D eigenvalue weighted by Gasteiger charge is 2.07. The van der Waals surface area contributed by atoms with Crippen molar-refractivity contribution in [3.05, 3.63) is 23.8 Å². The molecule has 0 aromatic heterocycles. The van der Waals surface area contributed by atoms with Crippen LogP contribution < -0.4 is 5.73 Å². The summed E-state index contributed by atoms with van der Waals surface area (Å²) in [6.45, 7) is 5.16. The maximum atomic E-state index is 5.56. The minimum Gasteiger partial charge on any atom is -0.330 e. The van der Waals surface area contributed by atoms with Crippen LogP contribution in [0.25, 0.3) is 0 Å². The van der Waals surface area contributed by atoms with E-state index in [1.807, 2.05) is 0 Å². The highest BCUT2D eigenvalue weighted by molar-refractivity contribution is 5.25. The lowest BCUT2D eigenvalue weighted by molar-refractivity contribution is 0.668. The van der Waals surface area contributed by atoms with Crippen molar-refractivity contribution < 1.29 is 0 Å². The quantitative estimate of drug-likeness (QED) is 0.642. The highest BCUT2D eigenvalue weighted by Crippen LogP contribution is 2.20. The van der Waals surface area contributed by atoms with Crippen LogP contribution in [0.3, 0.4) is 0 Å². The summed E-state index contributed by atoms with van der Waals surface area (Å²) in [6.07, 6.45) is 7.96. The third-order valence-electron chi connectivity index (χ3n) is 2.27. The zero-order chi connectivity index (χ0) is 8.27. The van der Waals surface area contributed by atoms with Gasteiger partial charge in [-0.3, -0.25) is 0 Å². The Balaban J connectivity index is 2.55. The van der Waals surface area contributed by atoms with Gasteiger partial charge in [-0.1, -0.05) is 32.1 Å². The van der Waals surface area contributed by atoms with Crippen LogP contribution in [0, 0.1) is 11.8 Å². The number of rotatable bonds is 2. The van der Waals surface area contributed by atoms with Gasteiger partial charge in [-0.05, 0) is 30.4 Å². The van der Waals surface area contributed by atoms with Crippen molar-refractivity contribution in [1.82, 2.24) is 0 Å². The molecule has 0 spiro atoms. The fraction of sp³-hybridized carbons (Fsp3) is 0.600. The molecule has 1 heteroatoms. The first-order chi connectivity index (χ1) is 5.24. The summed E-state index contributed by atoms with van der Waals surface area (Å²) < 4.78 is 0. The normalized spacial score (nSPS) is 26.5. The maximum absolute atomic E-state index is 5.56. The molecule has 0 bridgehead atoms. The minimum absolute atomic E-state index is 0.527. The van der Waals surface area contributed by atoms with Gasteiger partial charge in [0.25, 0.3) is 0 Å². The molecule has 0 aromatic carbocycles. The summed E-state index contributed by atoms with van der Waals surface area (Å²) >= 11 is 0. The zero-order valence-corrected chi connectivity index (χ0v) is 7.38. The Morgan fingerprint density at radius 1 is 1.73 bits per heavy atom. The van der Waals surface area contributed by atoms with E-state index in [1.54, 1.807) is 0 Å². The molecular formula is C10H17N. The monoisotopic (exact) mass is 151 g/mol. The fourth-order valence-corrected chi connectivity index (χ4v) is 1.25. The van der Waals surface area contributed by atoms with Crippen molar-refractivity contribution in [1.29, 1.82) is 0 Å². The van der Waals surface area contributed by atoms with Gasteiger partial charge in [0, 0.05) is 0 Å². The Morgan fingerprint density at radius 3 is 2.91 bits per heavy atom. The third kappa shape index (κ3) is 2.19. The first-order valence-corrected chi connectivity index (χ1v) is 4.32. The largest absolute Gasteiger partial charge is 0.330 e. The SMILES string of the molecule is CC1C=CC(C(C)CN)=CC1. The van der Waals surface area contributed by atoms with E-state index in [0.717, 1.165) is 6.54 Å². The Labute approximate surface area is 69.0 Å². The van der Waals surface area contributed by atoms with Crippen LogP contribution in [0.5, 0.6) is 0 Å². The molecule has 2 N–H and O–H groups in total. The first kappa shape index (κ1) is 8.54. The van der Waals surface area contributed by atoms with Gasteiger partial charge >= 0.3 is 0 Å². The van der Waals surface area contributed by atoms with Gasteiger partial charge in [0.1, 0.15) is 0 Å². The first-order valence-electron chi connectivity index (χ1n) is 4.32. The Bertz CT molecular complexity index is 179. The third-order valence-corrected chi connectivity index (χ3v) is 2.27. The van der Waals surface area contributed by atoms with E-state index in [1.165, 1.54) is 12.0 Å². The molecule has 0 fully saturated rings. The summed E-state index contributed by atoms with van der Waals surface area (Å²) in [5, 5.41) is 0. The van der Waals surface area contributed by atoms with Gasteiger partial charge in [-0.25, -0.2) is 0 Å². The highest BCUT2D eigenvalue weighted by atomic mass is 14.5. The predicted octanol–water partition coefficient (Wildman–Crippen LogP) is 2.10. The second-order valence-electron chi connectivity index (χ2n) is 3.41. The van der Waals surface area contributed by atoms with Crippen LogP contribution in [-0.4, -0.2) is 6.54 Å². The average Bonchev–Trinajstić information content (AvgIpc) is 2.05. The fourth-order valence-electron chi connectivity index (χ4n) is 1.25. The van der Waals surface area contributed by atoms with Crippen LogP contribution in [-0.2, 0) is 0 Å². The topological polar surface area (TPSA) is 26.0 Å². The number of allylic oxidation sites excluding steroid dienone is 3. The van der Waals surface area contributed by atoms with Crippen LogP contribution in [0.1, 0.15) is 20.3 Å². The molecule has 1 aliphatic carbocycles. The number of hydrogen-bond acceptors (Lipinski definition) is 1. The van der Waals surface area contributed by atoms with E-state index in [4.69, 9.17) is 5.73 Å². The standard InChI is InChI=1S/C10H17N/c1-8-3-5-10(6-4-8)9(2)7-11/h3,5-6,8-9H,4,7,11H2,1-2H3. The number of nitrogens with two attached hydrogens (primary N) is 1. The molecule has 1 aliphatic rings. The molecule has 0 saturated carbocycles. The predicted molar refractivity (Wildman–Crippen MR) is 49.2 cm³/mol. The molecule has 1 rings (SSSR count). The molecule has 0 aromatic rings. The van der Waals surface area contributed by atoms with Crippen LogP contribution in [0.15, 0.2) is 23.8 Å². The summed E-state index contributed by atoms with van der Waals surface area (Å²) in [6, 6.07) is 0. The second-order valence-corrected chi connectivity index (χ2v) is 3.41. The Hall–Kier alpha value is -0.560. The van der Waals surface area contributed by atoms with Crippen LogP contribution in [0.2, 0.25) is 0 Å². The van der Waals surface area contributed by atoms with Crippen molar-refractivity contribution in [3.63, 3.8) is 0 Å². The lowest BCUT2D eigenvalue weighted by Gasteiger charge is -2.15. The van der Waals surface area contributed by atoms with Crippen molar-refractivity contribution in [2.24, 2.45) is 17.6 Å². The van der Waals surface area contributed by atoms with Crippen LogP contribution >= 0.6 is 0 Å². The summed E-state index contributed by atoms with van der Waals surface area (Å²) in [4.78, 5) is 0. The van der Waals surface area contributed by atoms with E-state index in [2.05, 4.69) is 32.1 Å². The molecular weight excluding hydrogens is 134 g/mol. The average molecular weight is 151 g/mol. The lowest BCUT2D eigenvalue weighted by Crippen LogP contribution is -2.13. The van der Waals surface area contributed by atoms with Gasteiger partial charge in [-0.15, -0.1) is 0 Å². The van der Waals surface area contributed by atoms with Crippen LogP contribution in [0.4, 0.5) is 0 Å². The van der Waals surface area contributed by atoms with Crippen molar-refractivity contribution in [2.45, 2.75) is 20.3 Å². The summed E-state index contributed by atoms with van der Waals surface area (Å²) in [5.74, 6) is 1.24. The second kappa shape index (κ2) is 3.72. The molecule has 0 radical (unpaired) electrons. The van der Waals surface area contributed by atoms with E-state index >= 15 is 0 Å². The Kier molecular flexibility index (Phi) is 2.89.